The number of nitrogens with zero attached hydrogens (tertiary/aromatic N) is 1. The van der Waals surface area contributed by atoms with E-state index in [0.29, 0.717) is 13.0 Å². The molecule has 3 rings (SSSR count). The van der Waals surface area contributed by atoms with Crippen LogP contribution in [0.5, 0.6) is 0 Å². The Kier molecular flexibility index (Phi) is 5.46. The van der Waals surface area contributed by atoms with Gasteiger partial charge >= 0.3 is 0 Å². The van der Waals surface area contributed by atoms with Crippen LogP contribution in [-0.4, -0.2) is 62.7 Å². The van der Waals surface area contributed by atoms with Crippen molar-refractivity contribution in [2.45, 2.75) is 37.0 Å². The lowest BCUT2D eigenvalue weighted by Crippen LogP contribution is -2.54. The van der Waals surface area contributed by atoms with Crippen LogP contribution < -0.4 is 4.72 Å². The van der Waals surface area contributed by atoms with Gasteiger partial charge in [0.05, 0.1) is 30.5 Å². The fraction of sp³-hybridized carbons (Fsp3) is 0.562. The molecular weight excluding hydrogens is 409 g/mol. The van der Waals surface area contributed by atoms with Crippen LogP contribution in [0.25, 0.3) is 0 Å². The molecule has 11 heteroatoms. The van der Waals surface area contributed by atoms with Gasteiger partial charge in [0.2, 0.25) is 10.0 Å². The predicted molar refractivity (Wildman–Crippen MR) is 91.7 cm³/mol. The molecule has 1 amide bonds. The van der Waals surface area contributed by atoms with E-state index < -0.39 is 52.4 Å². The number of amides is 1. The highest BCUT2D eigenvalue weighted by Gasteiger charge is 2.57. The molecule has 0 radical (unpaired) electrons. The summed E-state index contributed by atoms with van der Waals surface area (Å²) in [6.45, 7) is -0.634. The normalized spacial score (nSPS) is 27.4. The number of likely N-dealkylation sites (tertiary alicyclic amines) is 1. The Morgan fingerprint density at radius 1 is 1.44 bits per heavy atom. The van der Waals surface area contributed by atoms with Crippen molar-refractivity contribution in [1.29, 1.82) is 0 Å². The van der Waals surface area contributed by atoms with Crippen LogP contribution in [0.1, 0.15) is 12.0 Å². The Morgan fingerprint density at radius 3 is 2.67 bits per heavy atom. The molecule has 6 nitrogen and oxygen atoms in total. The molecule has 150 valence electrons. The van der Waals surface area contributed by atoms with E-state index >= 15 is 0 Å². The summed E-state index contributed by atoms with van der Waals surface area (Å²) in [4.78, 5) is 13.4. The van der Waals surface area contributed by atoms with E-state index in [1.165, 1.54) is 18.2 Å². The van der Waals surface area contributed by atoms with E-state index in [9.17, 15) is 26.4 Å². The maximum atomic E-state index is 14.6. The highest BCUT2D eigenvalue weighted by atomic mass is 35.5. The SMILES string of the molecule is CS(=O)(=O)N[C@@H]1[C@H](Cc2cccc(Cl)c2F)N(C(=O)[C@@H]2CCO2)CC1(F)F. The standard InChI is InChI=1S/C16H18ClF3N2O4S/c1-27(24,25)21-14-11(7-9-3-2-4-10(17)13(9)18)22(8-16(14,19)20)15(23)12-5-6-26-12/h2-4,11-12,14,21H,5-8H2,1H3/t11-,12-,14+/m0/s1. The van der Waals surface area contributed by atoms with Crippen molar-refractivity contribution in [1.82, 2.24) is 9.62 Å². The first kappa shape index (κ1) is 20.4. The maximum Gasteiger partial charge on any atom is 0.283 e. The van der Waals surface area contributed by atoms with Gasteiger partial charge in [-0.1, -0.05) is 23.7 Å². The summed E-state index contributed by atoms with van der Waals surface area (Å²) in [5, 5.41) is -0.190. The lowest BCUT2D eigenvalue weighted by Gasteiger charge is -2.33. The zero-order valence-corrected chi connectivity index (χ0v) is 15.9. The molecule has 2 heterocycles. The summed E-state index contributed by atoms with van der Waals surface area (Å²) in [6.07, 6.45) is -0.0270. The van der Waals surface area contributed by atoms with Crippen molar-refractivity contribution in [2.24, 2.45) is 0 Å². The van der Waals surface area contributed by atoms with E-state index in [0.717, 1.165) is 11.2 Å². The number of sulfonamides is 1. The first-order chi connectivity index (χ1) is 12.5. The lowest BCUT2D eigenvalue weighted by atomic mass is 9.98. The molecule has 0 spiro atoms. The summed E-state index contributed by atoms with van der Waals surface area (Å²) in [5.74, 6) is -4.98. The number of halogens is 4. The highest BCUT2D eigenvalue weighted by molar-refractivity contribution is 7.88. The second kappa shape index (κ2) is 7.23. The van der Waals surface area contributed by atoms with E-state index in [1.54, 1.807) is 0 Å². The molecule has 1 aromatic rings. The Balaban J connectivity index is 1.97. The Labute approximate surface area is 159 Å². The molecule has 1 aromatic carbocycles. The average Bonchev–Trinajstić information content (AvgIpc) is 2.73. The fourth-order valence-corrected chi connectivity index (χ4v) is 4.30. The van der Waals surface area contributed by atoms with Gasteiger partial charge in [-0.25, -0.2) is 26.3 Å². The quantitative estimate of drug-likeness (QED) is 0.775. The van der Waals surface area contributed by atoms with Gasteiger partial charge in [0.1, 0.15) is 18.0 Å². The first-order valence-corrected chi connectivity index (χ1v) is 10.5. The van der Waals surface area contributed by atoms with Gasteiger partial charge in [0.15, 0.2) is 0 Å². The minimum Gasteiger partial charge on any atom is -0.368 e. The molecule has 2 aliphatic rings. The molecule has 0 aromatic heterocycles. The minimum atomic E-state index is -4.00. The number of ether oxygens (including phenoxy) is 1. The summed E-state index contributed by atoms with van der Waals surface area (Å²) >= 11 is 5.74. The number of rotatable bonds is 5. The molecule has 2 fully saturated rings. The van der Waals surface area contributed by atoms with Crippen LogP contribution in [0.4, 0.5) is 13.2 Å². The largest absolute Gasteiger partial charge is 0.368 e. The Morgan fingerprint density at radius 2 is 2.11 bits per heavy atom. The van der Waals surface area contributed by atoms with Crippen molar-refractivity contribution in [2.75, 3.05) is 19.4 Å². The van der Waals surface area contributed by atoms with Crippen LogP contribution in [0.3, 0.4) is 0 Å². The zero-order valence-electron chi connectivity index (χ0n) is 14.3. The summed E-state index contributed by atoms with van der Waals surface area (Å²) in [5.41, 5.74) is 0.0119. The average molecular weight is 427 g/mol. The topological polar surface area (TPSA) is 75.7 Å². The second-order valence-corrected chi connectivity index (χ2v) is 8.91. The molecule has 0 unspecified atom stereocenters. The summed E-state index contributed by atoms with van der Waals surface area (Å²) in [6, 6.07) is 0.932. The van der Waals surface area contributed by atoms with Crippen molar-refractivity contribution in [3.05, 3.63) is 34.6 Å². The molecule has 0 aliphatic carbocycles. The molecule has 27 heavy (non-hydrogen) atoms. The minimum absolute atomic E-state index is 0.0119. The lowest BCUT2D eigenvalue weighted by molar-refractivity contribution is -0.158. The predicted octanol–water partition coefficient (Wildman–Crippen LogP) is 1.57. The number of benzene rings is 1. The Bertz CT molecular complexity index is 848. The first-order valence-electron chi connectivity index (χ1n) is 8.20. The van der Waals surface area contributed by atoms with Crippen LogP contribution >= 0.6 is 11.6 Å². The van der Waals surface area contributed by atoms with Gasteiger partial charge < -0.3 is 9.64 Å². The third-order valence-corrected chi connectivity index (χ3v) is 5.65. The third kappa shape index (κ3) is 4.23. The van der Waals surface area contributed by atoms with Gasteiger partial charge in [0, 0.05) is 6.42 Å². The maximum absolute atomic E-state index is 14.6. The molecule has 2 aliphatic heterocycles. The number of hydrogen-bond acceptors (Lipinski definition) is 4. The summed E-state index contributed by atoms with van der Waals surface area (Å²) < 4.78 is 73.7. The van der Waals surface area contributed by atoms with Gasteiger partial charge in [-0.2, -0.15) is 0 Å². The molecular formula is C16H18ClF3N2O4S. The highest BCUT2D eigenvalue weighted by Crippen LogP contribution is 2.36. The van der Waals surface area contributed by atoms with Crippen molar-refractivity contribution in [3.63, 3.8) is 0 Å². The fourth-order valence-electron chi connectivity index (χ4n) is 3.32. The number of alkyl halides is 2. The summed E-state index contributed by atoms with van der Waals surface area (Å²) in [7, 11) is -4.00. The van der Waals surface area contributed by atoms with E-state index in [2.05, 4.69) is 0 Å². The Hall–Kier alpha value is -1.36. The van der Waals surface area contributed by atoms with Crippen LogP contribution in [0.15, 0.2) is 18.2 Å². The number of carbonyl (C=O) groups excluding carboxylic acids is 1. The molecule has 1 N–H and O–H groups in total. The van der Waals surface area contributed by atoms with Crippen molar-refractivity contribution in [3.8, 4) is 0 Å². The van der Waals surface area contributed by atoms with Gasteiger partial charge in [0.25, 0.3) is 11.8 Å². The van der Waals surface area contributed by atoms with E-state index in [4.69, 9.17) is 16.3 Å². The molecule has 0 bridgehead atoms. The van der Waals surface area contributed by atoms with Gasteiger partial charge in [-0.3, -0.25) is 4.79 Å². The van der Waals surface area contributed by atoms with Gasteiger partial charge in [-0.15, -0.1) is 0 Å². The smallest absolute Gasteiger partial charge is 0.283 e. The molecule has 2 saturated heterocycles. The molecule has 3 atom stereocenters. The van der Waals surface area contributed by atoms with Crippen LogP contribution in [0, 0.1) is 5.82 Å². The van der Waals surface area contributed by atoms with Gasteiger partial charge in [-0.05, 0) is 18.1 Å². The zero-order chi connectivity index (χ0) is 20.0. The third-order valence-electron chi connectivity index (χ3n) is 4.68. The molecule has 0 saturated carbocycles. The van der Waals surface area contributed by atoms with E-state index in [-0.39, 0.29) is 17.0 Å². The van der Waals surface area contributed by atoms with Crippen molar-refractivity contribution >= 4 is 27.5 Å². The van der Waals surface area contributed by atoms with Crippen molar-refractivity contribution < 1.29 is 31.1 Å². The monoisotopic (exact) mass is 426 g/mol. The van der Waals surface area contributed by atoms with Crippen LogP contribution in [0.2, 0.25) is 5.02 Å². The number of nitrogens with one attached hydrogen (secondary N) is 1. The number of carbonyl (C=O) groups is 1. The van der Waals surface area contributed by atoms with Crippen LogP contribution in [-0.2, 0) is 26.0 Å². The number of hydrogen-bond donors (Lipinski definition) is 1. The second-order valence-electron chi connectivity index (χ2n) is 6.73. The van der Waals surface area contributed by atoms with E-state index in [1.807, 2.05) is 4.72 Å².